The molecule has 0 aliphatic rings. The third kappa shape index (κ3) is 3.77. The number of imidazole rings is 1. The van der Waals surface area contributed by atoms with Crippen molar-refractivity contribution in [2.75, 3.05) is 5.32 Å². The van der Waals surface area contributed by atoms with Crippen LogP contribution in [0.25, 0.3) is 22.4 Å². The summed E-state index contributed by atoms with van der Waals surface area (Å²) >= 11 is 0. The first-order valence-corrected chi connectivity index (χ1v) is 8.81. The molecule has 1 heterocycles. The summed E-state index contributed by atoms with van der Waals surface area (Å²) < 4.78 is 0.825. The lowest BCUT2D eigenvalue weighted by Gasteiger charge is -2.07. The van der Waals surface area contributed by atoms with E-state index in [2.05, 4.69) is 10.3 Å². The number of nitrogens with one attached hydrogen (secondary N) is 1. The minimum Gasteiger partial charge on any atom is -0.426 e. The van der Waals surface area contributed by atoms with E-state index >= 15 is 0 Å². The Morgan fingerprint density at radius 2 is 1.79 bits per heavy atom. The fraction of sp³-hybridized carbons (Fsp3) is 0.0476. The van der Waals surface area contributed by atoms with Gasteiger partial charge in [0.1, 0.15) is 5.52 Å². The summed E-state index contributed by atoms with van der Waals surface area (Å²) in [7, 11) is 0. The number of carbonyl (C=O) groups excluding carboxylic acids is 1. The van der Waals surface area contributed by atoms with Crippen LogP contribution in [-0.4, -0.2) is 25.8 Å². The number of benzene rings is 3. The minimum atomic E-state index is -0.529. The van der Waals surface area contributed by atoms with E-state index in [-0.39, 0.29) is 29.4 Å². The maximum absolute atomic E-state index is 12.2. The van der Waals surface area contributed by atoms with Gasteiger partial charge >= 0.3 is 0 Å². The van der Waals surface area contributed by atoms with Crippen molar-refractivity contribution in [3.8, 4) is 11.4 Å². The lowest BCUT2D eigenvalue weighted by Crippen LogP contribution is -2.14. The molecule has 144 valence electrons. The quantitative estimate of drug-likeness (QED) is 0.305. The molecule has 4 aromatic rings. The molecule has 8 heteroatoms. The number of non-ortho nitro benzene ring substituents is 1. The van der Waals surface area contributed by atoms with Crippen molar-refractivity contribution in [3.05, 3.63) is 88.5 Å². The zero-order chi connectivity index (χ0) is 20.4. The Hall–Kier alpha value is -4.20. The molecule has 1 aromatic heterocycles. The van der Waals surface area contributed by atoms with Crippen molar-refractivity contribution in [1.82, 2.24) is 9.71 Å². The molecule has 29 heavy (non-hydrogen) atoms. The van der Waals surface area contributed by atoms with Gasteiger partial charge in [-0.05, 0) is 35.9 Å². The number of nitrogens with zero attached hydrogens (tertiary/aromatic N) is 3. The van der Waals surface area contributed by atoms with E-state index in [1.807, 2.05) is 30.3 Å². The van der Waals surface area contributed by atoms with E-state index in [1.165, 1.54) is 18.2 Å². The number of nitro groups is 1. The predicted molar refractivity (Wildman–Crippen MR) is 108 cm³/mol. The van der Waals surface area contributed by atoms with Gasteiger partial charge in [0.2, 0.25) is 5.91 Å². The van der Waals surface area contributed by atoms with Gasteiger partial charge in [-0.3, -0.25) is 14.9 Å². The van der Waals surface area contributed by atoms with E-state index in [0.29, 0.717) is 16.8 Å². The van der Waals surface area contributed by atoms with Crippen molar-refractivity contribution < 1.29 is 14.9 Å². The number of hydrogen-bond donors (Lipinski definition) is 2. The van der Waals surface area contributed by atoms with Gasteiger partial charge in [-0.2, -0.15) is 4.73 Å². The number of hydrogen-bond acceptors (Lipinski definition) is 5. The first-order chi connectivity index (χ1) is 14.0. The zero-order valence-electron chi connectivity index (χ0n) is 15.1. The lowest BCUT2D eigenvalue weighted by molar-refractivity contribution is -0.384. The average molecular weight is 388 g/mol. The second-order valence-corrected chi connectivity index (χ2v) is 6.47. The number of carbonyl (C=O) groups is 1. The number of nitro benzene ring substituents is 1. The molecule has 0 radical (unpaired) electrons. The van der Waals surface area contributed by atoms with E-state index in [1.54, 1.807) is 24.3 Å². The summed E-state index contributed by atoms with van der Waals surface area (Å²) in [6.07, 6.45) is 0.272. The molecule has 0 unspecified atom stereocenters. The summed E-state index contributed by atoms with van der Waals surface area (Å²) in [6.45, 7) is 0. The molecule has 0 bridgehead atoms. The van der Waals surface area contributed by atoms with Gasteiger partial charge in [0.25, 0.3) is 5.69 Å². The van der Waals surface area contributed by atoms with Crippen LogP contribution in [0.1, 0.15) is 5.56 Å². The van der Waals surface area contributed by atoms with Crippen LogP contribution in [0.5, 0.6) is 0 Å². The SMILES string of the molecule is O=C(Cc1ccccc1)Nc1ccc(-c2nc3ccc([N+](=O)[O-])cc3n2O)cc1. The molecule has 0 fully saturated rings. The van der Waals surface area contributed by atoms with E-state index in [0.717, 1.165) is 10.3 Å². The standard InChI is InChI=1S/C21H16N4O4/c26-20(12-14-4-2-1-3-5-14)22-16-8-6-15(7-9-16)21-23-18-11-10-17(25(28)29)13-19(18)24(21)27/h1-11,13,27H,12H2,(H,22,26). The summed E-state index contributed by atoms with van der Waals surface area (Å²) in [5.41, 5.74) is 2.70. The smallest absolute Gasteiger partial charge is 0.271 e. The molecule has 0 spiro atoms. The van der Waals surface area contributed by atoms with Crippen LogP contribution in [0.3, 0.4) is 0 Å². The van der Waals surface area contributed by atoms with Crippen LogP contribution in [0.4, 0.5) is 11.4 Å². The van der Waals surface area contributed by atoms with E-state index in [9.17, 15) is 20.1 Å². The molecular formula is C21H16N4O4. The van der Waals surface area contributed by atoms with Gasteiger partial charge in [0, 0.05) is 23.4 Å². The molecule has 0 aliphatic carbocycles. The number of rotatable bonds is 5. The van der Waals surface area contributed by atoms with Gasteiger partial charge in [0.05, 0.1) is 16.9 Å². The summed E-state index contributed by atoms with van der Waals surface area (Å²) in [5, 5.41) is 24.1. The normalized spacial score (nSPS) is 10.8. The van der Waals surface area contributed by atoms with Crippen LogP contribution in [0, 0.1) is 10.1 Å². The van der Waals surface area contributed by atoms with Crippen LogP contribution in [0.2, 0.25) is 0 Å². The second kappa shape index (κ2) is 7.43. The monoisotopic (exact) mass is 388 g/mol. The maximum Gasteiger partial charge on any atom is 0.271 e. The van der Waals surface area contributed by atoms with Crippen molar-refractivity contribution in [2.24, 2.45) is 0 Å². The average Bonchev–Trinajstić information content (AvgIpc) is 3.05. The molecule has 2 N–H and O–H groups in total. The third-order valence-electron chi connectivity index (χ3n) is 4.46. The molecule has 0 atom stereocenters. The van der Waals surface area contributed by atoms with Crippen LogP contribution in [-0.2, 0) is 11.2 Å². The van der Waals surface area contributed by atoms with Crippen LogP contribution >= 0.6 is 0 Å². The first-order valence-electron chi connectivity index (χ1n) is 8.81. The van der Waals surface area contributed by atoms with Gasteiger partial charge in [0.15, 0.2) is 5.82 Å². The van der Waals surface area contributed by atoms with Crippen LogP contribution < -0.4 is 5.32 Å². The Morgan fingerprint density at radius 3 is 2.48 bits per heavy atom. The fourth-order valence-electron chi connectivity index (χ4n) is 3.04. The number of amides is 1. The maximum atomic E-state index is 12.2. The second-order valence-electron chi connectivity index (χ2n) is 6.47. The Morgan fingerprint density at radius 1 is 1.07 bits per heavy atom. The molecule has 0 saturated carbocycles. The predicted octanol–water partition coefficient (Wildman–Crippen LogP) is 4.03. The number of fused-ring (bicyclic) bond motifs is 1. The Balaban J connectivity index is 1.54. The van der Waals surface area contributed by atoms with E-state index in [4.69, 9.17) is 0 Å². The Labute approximate surface area is 165 Å². The highest BCUT2D eigenvalue weighted by molar-refractivity contribution is 5.92. The third-order valence-corrected chi connectivity index (χ3v) is 4.46. The lowest BCUT2D eigenvalue weighted by atomic mass is 10.1. The summed E-state index contributed by atoms with van der Waals surface area (Å²) in [6, 6.07) is 20.4. The fourth-order valence-corrected chi connectivity index (χ4v) is 3.04. The largest absolute Gasteiger partial charge is 0.426 e. The zero-order valence-corrected chi connectivity index (χ0v) is 15.1. The Bertz CT molecular complexity index is 1200. The van der Waals surface area contributed by atoms with Crippen molar-refractivity contribution in [3.63, 3.8) is 0 Å². The molecule has 8 nitrogen and oxygen atoms in total. The highest BCUT2D eigenvalue weighted by Crippen LogP contribution is 2.27. The molecule has 0 saturated heterocycles. The number of anilines is 1. The molecule has 4 rings (SSSR count). The Kier molecular flexibility index (Phi) is 4.66. The topological polar surface area (TPSA) is 110 Å². The van der Waals surface area contributed by atoms with Crippen LogP contribution in [0.15, 0.2) is 72.8 Å². The number of aromatic nitrogens is 2. The van der Waals surface area contributed by atoms with Gasteiger partial charge in [-0.1, -0.05) is 30.3 Å². The van der Waals surface area contributed by atoms with Gasteiger partial charge in [-0.15, -0.1) is 0 Å². The summed E-state index contributed by atoms with van der Waals surface area (Å²) in [4.78, 5) is 26.9. The molecule has 1 amide bonds. The highest BCUT2D eigenvalue weighted by atomic mass is 16.6. The van der Waals surface area contributed by atoms with E-state index < -0.39 is 4.92 Å². The van der Waals surface area contributed by atoms with Gasteiger partial charge in [-0.25, -0.2) is 4.98 Å². The molecular weight excluding hydrogens is 372 g/mol. The first kappa shape index (κ1) is 18.2. The van der Waals surface area contributed by atoms with Crippen molar-refractivity contribution >= 4 is 28.3 Å². The molecule has 0 aliphatic heterocycles. The van der Waals surface area contributed by atoms with Crippen molar-refractivity contribution in [2.45, 2.75) is 6.42 Å². The van der Waals surface area contributed by atoms with Crippen molar-refractivity contribution in [1.29, 1.82) is 0 Å². The van der Waals surface area contributed by atoms with Gasteiger partial charge < -0.3 is 10.5 Å². The summed E-state index contributed by atoms with van der Waals surface area (Å²) in [5.74, 6) is 0.119. The highest BCUT2D eigenvalue weighted by Gasteiger charge is 2.16. The minimum absolute atomic E-state index is 0.129. The molecule has 3 aromatic carbocycles.